The Morgan fingerprint density at radius 3 is 2.61 bits per heavy atom. The summed E-state index contributed by atoms with van der Waals surface area (Å²) >= 11 is 0. The zero-order valence-electron chi connectivity index (χ0n) is 11.6. The fourth-order valence-corrected chi connectivity index (χ4v) is 2.54. The summed E-state index contributed by atoms with van der Waals surface area (Å²) in [5.41, 5.74) is 1.34. The highest BCUT2D eigenvalue weighted by molar-refractivity contribution is 5.85. The van der Waals surface area contributed by atoms with Crippen LogP contribution in [0.15, 0.2) is 12.3 Å². The first-order chi connectivity index (χ1) is 8.20. The van der Waals surface area contributed by atoms with Gasteiger partial charge in [-0.2, -0.15) is 5.10 Å². The van der Waals surface area contributed by atoms with Crippen LogP contribution in [0.5, 0.6) is 0 Å². The average molecular weight is 273 g/mol. The van der Waals surface area contributed by atoms with Gasteiger partial charge in [0.2, 0.25) is 0 Å². The standard InChI is InChI=1S/C13H24N4.ClH/c1-11(2)17-13(4-7-15-17)10-16-8-5-12(14-3)6-9-16;/h4,7,11-12,14H,5-6,8-10H2,1-3H3;1H. The summed E-state index contributed by atoms with van der Waals surface area (Å²) in [6.45, 7) is 7.78. The first-order valence-corrected chi connectivity index (χ1v) is 6.62. The Morgan fingerprint density at radius 1 is 1.39 bits per heavy atom. The summed E-state index contributed by atoms with van der Waals surface area (Å²) in [6, 6.07) is 3.31. The molecule has 0 atom stereocenters. The number of halogens is 1. The summed E-state index contributed by atoms with van der Waals surface area (Å²) in [7, 11) is 2.06. The van der Waals surface area contributed by atoms with Crippen molar-refractivity contribution in [1.82, 2.24) is 20.0 Å². The molecule has 1 aromatic rings. The minimum Gasteiger partial charge on any atom is -0.317 e. The summed E-state index contributed by atoms with van der Waals surface area (Å²) in [4.78, 5) is 2.53. The molecule has 0 aliphatic carbocycles. The van der Waals surface area contributed by atoms with E-state index in [0.717, 1.165) is 6.54 Å². The quantitative estimate of drug-likeness (QED) is 0.911. The summed E-state index contributed by atoms with van der Waals surface area (Å²) in [6.07, 6.45) is 4.42. The minimum atomic E-state index is 0. The van der Waals surface area contributed by atoms with Crippen LogP contribution in [-0.2, 0) is 6.54 Å². The second kappa shape index (κ2) is 7.12. The van der Waals surface area contributed by atoms with E-state index in [4.69, 9.17) is 0 Å². The van der Waals surface area contributed by atoms with Crippen molar-refractivity contribution in [2.24, 2.45) is 0 Å². The molecule has 4 nitrogen and oxygen atoms in total. The predicted octanol–water partition coefficient (Wildman–Crippen LogP) is 2.07. The number of piperidine rings is 1. The van der Waals surface area contributed by atoms with Gasteiger partial charge in [-0.15, -0.1) is 12.4 Å². The number of hydrogen-bond acceptors (Lipinski definition) is 3. The van der Waals surface area contributed by atoms with Crippen molar-refractivity contribution in [3.63, 3.8) is 0 Å². The van der Waals surface area contributed by atoms with E-state index in [0.29, 0.717) is 12.1 Å². The van der Waals surface area contributed by atoms with E-state index < -0.39 is 0 Å². The molecule has 104 valence electrons. The monoisotopic (exact) mass is 272 g/mol. The Balaban J connectivity index is 0.00000162. The normalized spacial score (nSPS) is 18.0. The number of rotatable bonds is 4. The van der Waals surface area contributed by atoms with Gasteiger partial charge >= 0.3 is 0 Å². The molecule has 0 unspecified atom stereocenters. The number of likely N-dealkylation sites (tertiary alicyclic amines) is 1. The zero-order valence-corrected chi connectivity index (χ0v) is 12.4. The lowest BCUT2D eigenvalue weighted by Crippen LogP contribution is -2.41. The summed E-state index contributed by atoms with van der Waals surface area (Å²) < 4.78 is 2.13. The molecular weight excluding hydrogens is 248 g/mol. The van der Waals surface area contributed by atoms with Crippen LogP contribution in [0.1, 0.15) is 38.4 Å². The smallest absolute Gasteiger partial charge is 0.0527 e. The van der Waals surface area contributed by atoms with Gasteiger partial charge < -0.3 is 5.32 Å². The fraction of sp³-hybridized carbons (Fsp3) is 0.769. The molecule has 0 bridgehead atoms. The molecule has 0 radical (unpaired) electrons. The van der Waals surface area contributed by atoms with Gasteiger partial charge in [-0.25, -0.2) is 0 Å². The molecule has 2 heterocycles. The highest BCUT2D eigenvalue weighted by atomic mass is 35.5. The van der Waals surface area contributed by atoms with Gasteiger partial charge in [-0.05, 0) is 39.8 Å². The Morgan fingerprint density at radius 2 is 2.06 bits per heavy atom. The van der Waals surface area contributed by atoms with E-state index >= 15 is 0 Å². The van der Waals surface area contributed by atoms with Gasteiger partial charge in [0.15, 0.2) is 0 Å². The highest BCUT2D eigenvalue weighted by Gasteiger charge is 2.19. The van der Waals surface area contributed by atoms with Gasteiger partial charge in [0, 0.05) is 37.9 Å². The van der Waals surface area contributed by atoms with Gasteiger partial charge in [0.05, 0.1) is 5.69 Å². The van der Waals surface area contributed by atoms with Crippen LogP contribution in [0.2, 0.25) is 0 Å². The third-order valence-electron chi connectivity index (χ3n) is 3.62. The third-order valence-corrected chi connectivity index (χ3v) is 3.62. The molecule has 2 rings (SSSR count). The van der Waals surface area contributed by atoms with Crippen LogP contribution in [0, 0.1) is 0 Å². The van der Waals surface area contributed by atoms with Gasteiger partial charge in [0.25, 0.3) is 0 Å². The number of hydrogen-bond donors (Lipinski definition) is 1. The minimum absolute atomic E-state index is 0. The van der Waals surface area contributed by atoms with Crippen LogP contribution in [0.25, 0.3) is 0 Å². The van der Waals surface area contributed by atoms with E-state index in [1.165, 1.54) is 31.6 Å². The van der Waals surface area contributed by atoms with Gasteiger partial charge in [-0.3, -0.25) is 9.58 Å². The highest BCUT2D eigenvalue weighted by Crippen LogP contribution is 2.15. The lowest BCUT2D eigenvalue weighted by atomic mass is 10.1. The molecule has 0 saturated carbocycles. The molecule has 5 heteroatoms. The molecule has 1 fully saturated rings. The number of aromatic nitrogens is 2. The zero-order chi connectivity index (χ0) is 12.3. The maximum Gasteiger partial charge on any atom is 0.0527 e. The Bertz CT molecular complexity index is 343. The van der Waals surface area contributed by atoms with Crippen LogP contribution < -0.4 is 5.32 Å². The lowest BCUT2D eigenvalue weighted by molar-refractivity contribution is 0.189. The second-order valence-electron chi connectivity index (χ2n) is 5.20. The molecular formula is C13H25ClN4. The van der Waals surface area contributed by atoms with E-state index in [-0.39, 0.29) is 12.4 Å². The van der Waals surface area contributed by atoms with Crippen molar-refractivity contribution in [2.45, 2.75) is 45.3 Å². The first-order valence-electron chi connectivity index (χ1n) is 6.62. The molecule has 0 spiro atoms. The Labute approximate surface area is 116 Å². The fourth-order valence-electron chi connectivity index (χ4n) is 2.54. The van der Waals surface area contributed by atoms with Crippen molar-refractivity contribution >= 4 is 12.4 Å². The average Bonchev–Trinajstić information content (AvgIpc) is 2.78. The van der Waals surface area contributed by atoms with Crippen molar-refractivity contribution < 1.29 is 0 Å². The largest absolute Gasteiger partial charge is 0.317 e. The Kier molecular flexibility index (Phi) is 6.12. The number of nitrogens with one attached hydrogen (secondary N) is 1. The summed E-state index contributed by atoms with van der Waals surface area (Å²) in [5, 5.41) is 7.76. The lowest BCUT2D eigenvalue weighted by Gasteiger charge is -2.31. The van der Waals surface area contributed by atoms with Crippen molar-refractivity contribution in [3.05, 3.63) is 18.0 Å². The molecule has 0 amide bonds. The molecule has 1 aliphatic rings. The van der Waals surface area contributed by atoms with E-state index in [2.05, 4.69) is 47.0 Å². The van der Waals surface area contributed by atoms with Crippen LogP contribution >= 0.6 is 12.4 Å². The maximum absolute atomic E-state index is 4.39. The topological polar surface area (TPSA) is 33.1 Å². The van der Waals surface area contributed by atoms with Crippen molar-refractivity contribution in [1.29, 1.82) is 0 Å². The van der Waals surface area contributed by atoms with Crippen LogP contribution in [-0.4, -0.2) is 40.9 Å². The van der Waals surface area contributed by atoms with E-state index in [1.807, 2.05) is 6.20 Å². The first kappa shape index (κ1) is 15.5. The summed E-state index contributed by atoms with van der Waals surface area (Å²) in [5.74, 6) is 0. The van der Waals surface area contributed by atoms with Gasteiger partial charge in [0.1, 0.15) is 0 Å². The molecule has 0 aromatic carbocycles. The molecule has 1 saturated heterocycles. The van der Waals surface area contributed by atoms with E-state index in [9.17, 15) is 0 Å². The SMILES string of the molecule is CNC1CCN(Cc2ccnn2C(C)C)CC1.Cl. The molecule has 1 aromatic heterocycles. The van der Waals surface area contributed by atoms with Crippen LogP contribution in [0.3, 0.4) is 0 Å². The molecule has 18 heavy (non-hydrogen) atoms. The van der Waals surface area contributed by atoms with Crippen LogP contribution in [0.4, 0.5) is 0 Å². The van der Waals surface area contributed by atoms with Crippen molar-refractivity contribution in [2.75, 3.05) is 20.1 Å². The Hall–Kier alpha value is -0.580. The predicted molar refractivity (Wildman–Crippen MR) is 77.2 cm³/mol. The molecule has 1 N–H and O–H groups in total. The second-order valence-corrected chi connectivity index (χ2v) is 5.20. The van der Waals surface area contributed by atoms with Gasteiger partial charge in [-0.1, -0.05) is 0 Å². The maximum atomic E-state index is 4.39. The number of nitrogens with zero attached hydrogens (tertiary/aromatic N) is 3. The van der Waals surface area contributed by atoms with Crippen molar-refractivity contribution in [3.8, 4) is 0 Å². The van der Waals surface area contributed by atoms with E-state index in [1.54, 1.807) is 0 Å². The molecule has 1 aliphatic heterocycles. The third kappa shape index (κ3) is 3.70.